The largest absolute Gasteiger partial charge is 0.370 e. The summed E-state index contributed by atoms with van der Waals surface area (Å²) in [6, 6.07) is 12.4. The van der Waals surface area contributed by atoms with Gasteiger partial charge in [-0.3, -0.25) is 14.8 Å². The summed E-state index contributed by atoms with van der Waals surface area (Å²) in [6.07, 6.45) is 8.39. The SMILES string of the molecule is NC(N)=NCCCC(=O)N(CCCC(c1ccc(F)cc1)c1ccccn1)CCc1cnc[nH]1. The van der Waals surface area contributed by atoms with Crippen molar-refractivity contribution in [3.63, 3.8) is 0 Å². The lowest BCUT2D eigenvalue weighted by atomic mass is 9.90. The zero-order valence-corrected chi connectivity index (χ0v) is 19.2. The summed E-state index contributed by atoms with van der Waals surface area (Å²) in [7, 11) is 0. The number of amides is 1. The zero-order valence-electron chi connectivity index (χ0n) is 19.2. The fraction of sp³-hybridized carbons (Fsp3) is 0.360. The van der Waals surface area contributed by atoms with Crippen LogP contribution in [0.3, 0.4) is 0 Å². The van der Waals surface area contributed by atoms with Crippen LogP contribution in [-0.2, 0) is 11.2 Å². The van der Waals surface area contributed by atoms with Crippen molar-refractivity contribution >= 4 is 11.9 Å². The second-order valence-corrected chi connectivity index (χ2v) is 8.12. The lowest BCUT2D eigenvalue weighted by Gasteiger charge is -2.24. The Kier molecular flexibility index (Phi) is 9.57. The van der Waals surface area contributed by atoms with Crippen molar-refractivity contribution in [3.8, 4) is 0 Å². The molecule has 3 aromatic rings. The molecule has 8 nitrogen and oxygen atoms in total. The highest BCUT2D eigenvalue weighted by Crippen LogP contribution is 2.28. The molecule has 1 unspecified atom stereocenters. The molecule has 2 heterocycles. The molecule has 1 amide bonds. The molecule has 0 radical (unpaired) electrons. The number of aliphatic imine (C=N–C) groups is 1. The molecule has 2 aromatic heterocycles. The Balaban J connectivity index is 1.64. The van der Waals surface area contributed by atoms with Crippen LogP contribution in [0.4, 0.5) is 4.39 Å². The average Bonchev–Trinajstić information content (AvgIpc) is 3.36. The number of halogens is 1. The minimum Gasteiger partial charge on any atom is -0.370 e. The second-order valence-electron chi connectivity index (χ2n) is 8.12. The van der Waals surface area contributed by atoms with Gasteiger partial charge in [-0.05, 0) is 49.1 Å². The first kappa shape index (κ1) is 24.9. The van der Waals surface area contributed by atoms with Crippen LogP contribution in [0.5, 0.6) is 0 Å². The number of nitrogens with zero attached hydrogens (tertiary/aromatic N) is 4. The molecule has 180 valence electrons. The number of aromatic nitrogens is 3. The van der Waals surface area contributed by atoms with Gasteiger partial charge in [-0.15, -0.1) is 0 Å². The van der Waals surface area contributed by atoms with E-state index in [0.29, 0.717) is 38.9 Å². The number of hydrogen-bond donors (Lipinski definition) is 3. The van der Waals surface area contributed by atoms with Crippen LogP contribution in [0.25, 0.3) is 0 Å². The van der Waals surface area contributed by atoms with Gasteiger partial charge in [0.05, 0.1) is 6.33 Å². The molecule has 0 saturated carbocycles. The quantitative estimate of drug-likeness (QED) is 0.203. The maximum atomic E-state index is 13.5. The van der Waals surface area contributed by atoms with Gasteiger partial charge in [-0.25, -0.2) is 9.37 Å². The summed E-state index contributed by atoms with van der Waals surface area (Å²) < 4.78 is 13.5. The maximum Gasteiger partial charge on any atom is 0.222 e. The van der Waals surface area contributed by atoms with E-state index in [2.05, 4.69) is 19.9 Å². The van der Waals surface area contributed by atoms with E-state index in [1.807, 2.05) is 23.1 Å². The number of pyridine rings is 1. The lowest BCUT2D eigenvalue weighted by Crippen LogP contribution is -2.34. The van der Waals surface area contributed by atoms with Gasteiger partial charge in [0.2, 0.25) is 5.91 Å². The number of aromatic amines is 1. The molecule has 1 atom stereocenters. The molecule has 5 N–H and O–H groups in total. The molecule has 3 rings (SSSR count). The second kappa shape index (κ2) is 13.1. The molecule has 0 aliphatic heterocycles. The first-order chi connectivity index (χ1) is 16.5. The van der Waals surface area contributed by atoms with Gasteiger partial charge in [0, 0.05) is 62.2 Å². The van der Waals surface area contributed by atoms with Crippen LogP contribution in [0.2, 0.25) is 0 Å². The van der Waals surface area contributed by atoms with Crippen LogP contribution in [0, 0.1) is 5.82 Å². The van der Waals surface area contributed by atoms with E-state index in [4.69, 9.17) is 11.5 Å². The van der Waals surface area contributed by atoms with Crippen LogP contribution < -0.4 is 11.5 Å². The summed E-state index contributed by atoms with van der Waals surface area (Å²) in [6.45, 7) is 1.63. The maximum absolute atomic E-state index is 13.5. The smallest absolute Gasteiger partial charge is 0.222 e. The third-order valence-corrected chi connectivity index (χ3v) is 5.64. The van der Waals surface area contributed by atoms with E-state index in [9.17, 15) is 9.18 Å². The van der Waals surface area contributed by atoms with E-state index in [0.717, 1.165) is 29.8 Å². The highest BCUT2D eigenvalue weighted by atomic mass is 19.1. The average molecular weight is 466 g/mol. The molecule has 0 saturated heterocycles. The van der Waals surface area contributed by atoms with Crippen molar-refractivity contribution in [2.75, 3.05) is 19.6 Å². The number of guanidine groups is 1. The van der Waals surface area contributed by atoms with Gasteiger partial charge >= 0.3 is 0 Å². The zero-order chi connectivity index (χ0) is 24.2. The van der Waals surface area contributed by atoms with Gasteiger partial charge < -0.3 is 21.4 Å². The molecule has 0 aliphatic rings. The number of benzene rings is 1. The number of hydrogen-bond acceptors (Lipinski definition) is 4. The summed E-state index contributed by atoms with van der Waals surface area (Å²) in [5.74, 6) is -0.139. The van der Waals surface area contributed by atoms with Crippen molar-refractivity contribution in [1.82, 2.24) is 19.9 Å². The van der Waals surface area contributed by atoms with Crippen molar-refractivity contribution in [2.45, 2.75) is 38.0 Å². The summed E-state index contributed by atoms with van der Waals surface area (Å²) in [4.78, 5) is 30.4. The molecule has 9 heteroatoms. The van der Waals surface area contributed by atoms with E-state index in [1.54, 1.807) is 30.9 Å². The molecule has 0 spiro atoms. The molecule has 0 fully saturated rings. The minimum atomic E-state index is -0.264. The highest BCUT2D eigenvalue weighted by Gasteiger charge is 2.18. The Morgan fingerprint density at radius 1 is 1.12 bits per heavy atom. The van der Waals surface area contributed by atoms with Gasteiger partial charge in [0.1, 0.15) is 5.82 Å². The van der Waals surface area contributed by atoms with E-state index in [1.165, 1.54) is 12.1 Å². The minimum absolute atomic E-state index is 0.0215. The van der Waals surface area contributed by atoms with E-state index < -0.39 is 0 Å². The van der Waals surface area contributed by atoms with Crippen molar-refractivity contribution in [3.05, 3.63) is 84.0 Å². The number of carbonyl (C=O) groups excluding carboxylic acids is 1. The van der Waals surface area contributed by atoms with Crippen molar-refractivity contribution < 1.29 is 9.18 Å². The Hall–Kier alpha value is -3.75. The van der Waals surface area contributed by atoms with E-state index in [-0.39, 0.29) is 23.6 Å². The fourth-order valence-electron chi connectivity index (χ4n) is 3.88. The van der Waals surface area contributed by atoms with Gasteiger partial charge in [0.25, 0.3) is 0 Å². The molecule has 34 heavy (non-hydrogen) atoms. The van der Waals surface area contributed by atoms with E-state index >= 15 is 0 Å². The number of imidazole rings is 1. The standard InChI is InChI=1S/C25H32FN7O/c26-20-10-8-19(9-11-20)22(23-6-1-2-13-30-23)5-4-15-33(16-12-21-17-29-18-32-21)24(34)7-3-14-31-25(27)28/h1-2,6,8-11,13,17-18,22H,3-5,7,12,14-16H2,(H,29,32)(H4,27,28,31). The predicted octanol–water partition coefficient (Wildman–Crippen LogP) is 2.98. The highest BCUT2D eigenvalue weighted by molar-refractivity contribution is 5.77. The Labute approximate surface area is 199 Å². The summed E-state index contributed by atoms with van der Waals surface area (Å²) in [5.41, 5.74) is 13.7. The molecule has 0 aliphatic carbocycles. The third-order valence-electron chi connectivity index (χ3n) is 5.64. The lowest BCUT2D eigenvalue weighted by molar-refractivity contribution is -0.131. The van der Waals surface area contributed by atoms with Gasteiger partial charge in [-0.2, -0.15) is 0 Å². The molecular weight excluding hydrogens is 433 g/mol. The number of rotatable bonds is 13. The number of carbonyl (C=O) groups is 1. The Morgan fingerprint density at radius 2 is 1.94 bits per heavy atom. The number of H-pyrrole nitrogens is 1. The Bertz CT molecular complexity index is 1020. The van der Waals surface area contributed by atoms with Gasteiger partial charge in [0.15, 0.2) is 5.96 Å². The van der Waals surface area contributed by atoms with Crippen LogP contribution in [0.1, 0.15) is 48.6 Å². The van der Waals surface area contributed by atoms with Crippen LogP contribution >= 0.6 is 0 Å². The van der Waals surface area contributed by atoms with Crippen molar-refractivity contribution in [1.29, 1.82) is 0 Å². The first-order valence-corrected chi connectivity index (χ1v) is 11.5. The molecule has 0 bridgehead atoms. The number of nitrogens with two attached hydrogens (primary N) is 2. The molecule has 1 aromatic carbocycles. The summed E-state index contributed by atoms with van der Waals surface area (Å²) in [5, 5.41) is 0. The Morgan fingerprint density at radius 3 is 2.62 bits per heavy atom. The van der Waals surface area contributed by atoms with Crippen LogP contribution in [0.15, 0.2) is 66.2 Å². The first-order valence-electron chi connectivity index (χ1n) is 11.5. The topological polar surface area (TPSA) is 126 Å². The van der Waals surface area contributed by atoms with Gasteiger partial charge in [-0.1, -0.05) is 18.2 Å². The molecular formula is C25H32FN7O. The predicted molar refractivity (Wildman–Crippen MR) is 130 cm³/mol. The third kappa shape index (κ3) is 7.99. The van der Waals surface area contributed by atoms with Crippen LogP contribution in [-0.4, -0.2) is 51.4 Å². The monoisotopic (exact) mass is 465 g/mol. The fourth-order valence-corrected chi connectivity index (χ4v) is 3.88. The number of nitrogens with one attached hydrogen (secondary N) is 1. The van der Waals surface area contributed by atoms with Crippen molar-refractivity contribution in [2.24, 2.45) is 16.5 Å². The summed E-state index contributed by atoms with van der Waals surface area (Å²) >= 11 is 0. The normalized spacial score (nSPS) is 11.7.